The number of aryl methyl sites for hydroxylation is 1. The van der Waals surface area contributed by atoms with Gasteiger partial charge in [-0.05, 0) is 59.1 Å². The second kappa shape index (κ2) is 7.07. The Morgan fingerprint density at radius 1 is 1.25 bits per heavy atom. The fourth-order valence-corrected chi connectivity index (χ4v) is 3.95. The quantitative estimate of drug-likeness (QED) is 0.701. The smallest absolute Gasteiger partial charge is 0.148 e. The van der Waals surface area contributed by atoms with Crippen LogP contribution in [0, 0.1) is 6.92 Å². The van der Waals surface area contributed by atoms with Crippen LogP contribution in [0.25, 0.3) is 0 Å². The molecule has 0 bridgehead atoms. The molecule has 0 saturated heterocycles. The zero-order valence-electron chi connectivity index (χ0n) is 11.4. The van der Waals surface area contributed by atoms with E-state index in [2.05, 4.69) is 50.2 Å². The molecule has 5 heteroatoms. The van der Waals surface area contributed by atoms with Gasteiger partial charge in [-0.25, -0.2) is 0 Å². The highest BCUT2D eigenvalue weighted by Crippen LogP contribution is 2.33. The van der Waals surface area contributed by atoms with Crippen molar-refractivity contribution >= 4 is 43.2 Å². The van der Waals surface area contributed by atoms with Crippen LogP contribution in [-0.4, -0.2) is 6.04 Å². The Hall–Kier alpha value is -0.360. The molecular formula is C15H17Br2NOS. The molecule has 0 radical (unpaired) electrons. The molecule has 0 fully saturated rings. The van der Waals surface area contributed by atoms with Gasteiger partial charge >= 0.3 is 0 Å². The molecule has 0 aliphatic carbocycles. The predicted octanol–water partition coefficient (Wildman–Crippen LogP) is 5.44. The highest BCUT2D eigenvalue weighted by molar-refractivity contribution is 9.10. The van der Waals surface area contributed by atoms with Gasteiger partial charge < -0.3 is 10.5 Å². The first-order valence-corrected chi connectivity index (χ1v) is 8.90. The Labute approximate surface area is 140 Å². The maximum absolute atomic E-state index is 6.24. The molecule has 1 heterocycles. The van der Waals surface area contributed by atoms with Gasteiger partial charge in [-0.15, -0.1) is 11.3 Å². The fraction of sp³-hybridized carbons (Fsp3) is 0.333. The number of halogens is 2. The first-order valence-electron chi connectivity index (χ1n) is 6.43. The Balaban J connectivity index is 2.28. The van der Waals surface area contributed by atoms with Gasteiger partial charge in [0.2, 0.25) is 0 Å². The maximum atomic E-state index is 6.24. The van der Waals surface area contributed by atoms with Crippen molar-refractivity contribution in [1.82, 2.24) is 0 Å². The molecule has 1 aromatic heterocycles. The van der Waals surface area contributed by atoms with Gasteiger partial charge in [-0.3, -0.25) is 0 Å². The number of benzene rings is 1. The first-order chi connectivity index (χ1) is 9.51. The normalized spacial score (nSPS) is 14.1. The summed E-state index contributed by atoms with van der Waals surface area (Å²) in [7, 11) is 0. The third-order valence-electron chi connectivity index (χ3n) is 3.12. The summed E-state index contributed by atoms with van der Waals surface area (Å²) in [6.45, 7) is 4.12. The largest absolute Gasteiger partial charge is 0.483 e. The third kappa shape index (κ3) is 3.85. The maximum Gasteiger partial charge on any atom is 0.148 e. The minimum absolute atomic E-state index is 0.0244. The van der Waals surface area contributed by atoms with Gasteiger partial charge in [0.15, 0.2) is 0 Å². The van der Waals surface area contributed by atoms with Crippen molar-refractivity contribution in [3.8, 4) is 5.75 Å². The van der Waals surface area contributed by atoms with Crippen LogP contribution in [0.4, 0.5) is 0 Å². The Morgan fingerprint density at radius 3 is 2.55 bits per heavy atom. The SMILES string of the molecule is CCC(N)C(Oc1ccc(Br)cc1C)c1cc(Br)cs1. The van der Waals surface area contributed by atoms with Crippen molar-refractivity contribution in [2.75, 3.05) is 0 Å². The highest BCUT2D eigenvalue weighted by atomic mass is 79.9. The van der Waals surface area contributed by atoms with Crippen molar-refractivity contribution in [3.05, 3.63) is 49.0 Å². The van der Waals surface area contributed by atoms with Gasteiger partial charge in [0.1, 0.15) is 11.9 Å². The van der Waals surface area contributed by atoms with E-state index in [0.29, 0.717) is 0 Å². The Morgan fingerprint density at radius 2 is 2.00 bits per heavy atom. The summed E-state index contributed by atoms with van der Waals surface area (Å²) in [5.41, 5.74) is 7.34. The summed E-state index contributed by atoms with van der Waals surface area (Å²) in [5.74, 6) is 0.881. The molecule has 108 valence electrons. The number of ether oxygens (including phenoxy) is 1. The summed E-state index contributed by atoms with van der Waals surface area (Å²) in [5, 5.41) is 2.06. The molecule has 2 aromatic rings. The topological polar surface area (TPSA) is 35.2 Å². The van der Waals surface area contributed by atoms with Crippen LogP contribution in [0.2, 0.25) is 0 Å². The first kappa shape index (κ1) is 16.0. The van der Waals surface area contributed by atoms with Crippen LogP contribution in [0.1, 0.15) is 29.9 Å². The van der Waals surface area contributed by atoms with E-state index >= 15 is 0 Å². The van der Waals surface area contributed by atoms with Crippen LogP contribution >= 0.6 is 43.2 Å². The van der Waals surface area contributed by atoms with E-state index in [0.717, 1.165) is 31.6 Å². The molecule has 2 rings (SSSR count). The van der Waals surface area contributed by atoms with Gasteiger partial charge in [-0.2, -0.15) is 0 Å². The Kier molecular flexibility index (Phi) is 5.66. The second-order valence-corrected chi connectivity index (χ2v) is 7.46. The monoisotopic (exact) mass is 417 g/mol. The fourth-order valence-electron chi connectivity index (χ4n) is 1.93. The summed E-state index contributed by atoms with van der Waals surface area (Å²) < 4.78 is 8.32. The number of hydrogen-bond donors (Lipinski definition) is 1. The minimum atomic E-state index is -0.115. The number of thiophene rings is 1. The molecule has 0 aliphatic heterocycles. The minimum Gasteiger partial charge on any atom is -0.483 e. The van der Waals surface area contributed by atoms with Gasteiger partial charge in [0.25, 0.3) is 0 Å². The van der Waals surface area contributed by atoms with Crippen molar-refractivity contribution in [1.29, 1.82) is 0 Å². The summed E-state index contributed by atoms with van der Waals surface area (Å²) >= 11 is 8.63. The van der Waals surface area contributed by atoms with Crippen molar-refractivity contribution in [3.63, 3.8) is 0 Å². The number of hydrogen-bond acceptors (Lipinski definition) is 3. The Bertz CT molecular complexity index is 585. The molecule has 2 N–H and O–H groups in total. The number of nitrogens with two attached hydrogens (primary N) is 1. The lowest BCUT2D eigenvalue weighted by Crippen LogP contribution is -2.31. The van der Waals surface area contributed by atoms with E-state index in [1.807, 2.05) is 25.1 Å². The highest BCUT2D eigenvalue weighted by Gasteiger charge is 2.23. The third-order valence-corrected chi connectivity index (χ3v) is 5.37. The van der Waals surface area contributed by atoms with E-state index in [-0.39, 0.29) is 12.1 Å². The van der Waals surface area contributed by atoms with Crippen molar-refractivity contribution in [2.45, 2.75) is 32.4 Å². The molecule has 2 unspecified atom stereocenters. The zero-order valence-corrected chi connectivity index (χ0v) is 15.4. The molecule has 0 aliphatic rings. The number of rotatable bonds is 5. The molecule has 2 atom stereocenters. The molecular weight excluding hydrogens is 402 g/mol. The van der Waals surface area contributed by atoms with Crippen LogP contribution in [0.5, 0.6) is 5.75 Å². The van der Waals surface area contributed by atoms with Gasteiger partial charge in [0, 0.05) is 25.2 Å². The molecule has 0 amide bonds. The lowest BCUT2D eigenvalue weighted by molar-refractivity contribution is 0.173. The second-order valence-electron chi connectivity index (χ2n) is 4.69. The average Bonchev–Trinajstić information content (AvgIpc) is 2.83. The van der Waals surface area contributed by atoms with Crippen LogP contribution < -0.4 is 10.5 Å². The average molecular weight is 419 g/mol. The summed E-state index contributed by atoms with van der Waals surface area (Å²) in [6, 6.07) is 8.08. The molecule has 0 saturated carbocycles. The molecule has 1 aromatic carbocycles. The van der Waals surface area contributed by atoms with Gasteiger partial charge in [-0.1, -0.05) is 22.9 Å². The standard InChI is InChI=1S/C15H17Br2NOS/c1-3-12(18)15(14-7-11(17)8-20-14)19-13-5-4-10(16)6-9(13)2/h4-8,12,15H,3,18H2,1-2H3. The van der Waals surface area contributed by atoms with E-state index in [1.54, 1.807) is 11.3 Å². The van der Waals surface area contributed by atoms with Crippen LogP contribution in [0.15, 0.2) is 38.6 Å². The lowest BCUT2D eigenvalue weighted by atomic mass is 10.1. The molecule has 2 nitrogen and oxygen atoms in total. The summed E-state index contributed by atoms with van der Waals surface area (Å²) in [6.07, 6.45) is 0.756. The van der Waals surface area contributed by atoms with E-state index < -0.39 is 0 Å². The van der Waals surface area contributed by atoms with Crippen LogP contribution in [0.3, 0.4) is 0 Å². The predicted molar refractivity (Wildman–Crippen MR) is 92.5 cm³/mol. The van der Waals surface area contributed by atoms with E-state index in [9.17, 15) is 0 Å². The van der Waals surface area contributed by atoms with E-state index in [1.165, 1.54) is 0 Å². The van der Waals surface area contributed by atoms with Gasteiger partial charge in [0.05, 0.1) is 0 Å². The molecule has 0 spiro atoms. The van der Waals surface area contributed by atoms with Crippen molar-refractivity contribution in [2.24, 2.45) is 5.73 Å². The van der Waals surface area contributed by atoms with E-state index in [4.69, 9.17) is 10.5 Å². The zero-order chi connectivity index (χ0) is 14.7. The molecule has 20 heavy (non-hydrogen) atoms. The van der Waals surface area contributed by atoms with Crippen molar-refractivity contribution < 1.29 is 4.74 Å². The lowest BCUT2D eigenvalue weighted by Gasteiger charge is -2.24. The summed E-state index contributed by atoms with van der Waals surface area (Å²) in [4.78, 5) is 1.15. The van der Waals surface area contributed by atoms with Crippen LogP contribution in [-0.2, 0) is 0 Å².